The minimum absolute atomic E-state index is 0.120. The van der Waals surface area contributed by atoms with Crippen molar-refractivity contribution in [2.24, 2.45) is 0 Å². The standard InChI is InChI=1S/C20H21FN2O3S/c1-26-12-11-22-19(25)18(14-5-3-2-4-6-14)23-17(24)13-27-20(23)15-7-9-16(21)10-8-15/h2-10,18,20H,11-13H2,1H3,(H,22,25)/t18-,20-/m1/s1. The van der Waals surface area contributed by atoms with Gasteiger partial charge in [0.05, 0.1) is 12.4 Å². The van der Waals surface area contributed by atoms with Gasteiger partial charge in [-0.25, -0.2) is 4.39 Å². The molecular weight excluding hydrogens is 367 g/mol. The molecule has 142 valence electrons. The molecule has 2 aromatic rings. The van der Waals surface area contributed by atoms with Gasteiger partial charge in [-0.1, -0.05) is 42.5 Å². The van der Waals surface area contributed by atoms with Gasteiger partial charge in [-0.2, -0.15) is 0 Å². The number of halogens is 1. The molecule has 0 bridgehead atoms. The van der Waals surface area contributed by atoms with Crippen LogP contribution in [0.1, 0.15) is 22.5 Å². The molecule has 2 amide bonds. The third-order valence-electron chi connectivity index (χ3n) is 4.31. The van der Waals surface area contributed by atoms with Crippen molar-refractivity contribution >= 4 is 23.6 Å². The fourth-order valence-corrected chi connectivity index (χ4v) is 4.25. The average Bonchev–Trinajstić information content (AvgIpc) is 3.05. The zero-order valence-corrected chi connectivity index (χ0v) is 15.7. The third kappa shape index (κ3) is 4.48. The first kappa shape index (κ1) is 19.4. The summed E-state index contributed by atoms with van der Waals surface area (Å²) in [6.07, 6.45) is 0. The van der Waals surface area contributed by atoms with E-state index in [-0.39, 0.29) is 28.8 Å². The molecule has 2 atom stereocenters. The van der Waals surface area contributed by atoms with Gasteiger partial charge < -0.3 is 15.0 Å². The molecule has 0 aliphatic carbocycles. The Morgan fingerprint density at radius 2 is 1.96 bits per heavy atom. The van der Waals surface area contributed by atoms with E-state index >= 15 is 0 Å². The first-order valence-electron chi connectivity index (χ1n) is 8.61. The van der Waals surface area contributed by atoms with E-state index in [0.29, 0.717) is 13.2 Å². The molecule has 0 radical (unpaired) electrons. The van der Waals surface area contributed by atoms with Crippen molar-refractivity contribution in [3.63, 3.8) is 0 Å². The number of benzene rings is 2. The summed E-state index contributed by atoms with van der Waals surface area (Å²) in [5.41, 5.74) is 1.52. The number of hydrogen-bond acceptors (Lipinski definition) is 4. The predicted molar refractivity (Wildman–Crippen MR) is 103 cm³/mol. The van der Waals surface area contributed by atoms with Crippen molar-refractivity contribution in [1.82, 2.24) is 10.2 Å². The van der Waals surface area contributed by atoms with Crippen LogP contribution in [0.25, 0.3) is 0 Å². The molecule has 1 saturated heterocycles. The van der Waals surface area contributed by atoms with Gasteiger partial charge in [-0.05, 0) is 23.3 Å². The first-order chi connectivity index (χ1) is 13.1. The number of nitrogens with zero attached hydrogens (tertiary/aromatic N) is 1. The summed E-state index contributed by atoms with van der Waals surface area (Å²) in [5.74, 6) is -0.445. The van der Waals surface area contributed by atoms with Crippen LogP contribution >= 0.6 is 11.8 Å². The minimum atomic E-state index is -0.763. The van der Waals surface area contributed by atoms with E-state index in [1.165, 1.54) is 23.9 Å². The zero-order chi connectivity index (χ0) is 19.2. The number of methoxy groups -OCH3 is 1. The highest BCUT2D eigenvalue weighted by molar-refractivity contribution is 8.00. The smallest absolute Gasteiger partial charge is 0.247 e. The first-order valence-corrected chi connectivity index (χ1v) is 9.66. The summed E-state index contributed by atoms with van der Waals surface area (Å²) in [6, 6.07) is 14.5. The minimum Gasteiger partial charge on any atom is -0.383 e. The van der Waals surface area contributed by atoms with E-state index in [2.05, 4.69) is 5.32 Å². The Kier molecular flexibility index (Phi) is 6.47. The number of ether oxygens (including phenoxy) is 1. The predicted octanol–water partition coefficient (Wildman–Crippen LogP) is 2.90. The van der Waals surface area contributed by atoms with Crippen LogP contribution in [0.15, 0.2) is 54.6 Å². The van der Waals surface area contributed by atoms with Gasteiger partial charge in [0.1, 0.15) is 17.2 Å². The SMILES string of the molecule is COCCNC(=O)[C@@H](c1ccccc1)N1C(=O)CS[C@@H]1c1ccc(F)cc1. The molecule has 1 fully saturated rings. The third-order valence-corrected chi connectivity index (χ3v) is 5.54. The highest BCUT2D eigenvalue weighted by Crippen LogP contribution is 2.43. The van der Waals surface area contributed by atoms with Crippen LogP contribution in [-0.2, 0) is 14.3 Å². The molecule has 0 unspecified atom stereocenters. The maximum Gasteiger partial charge on any atom is 0.247 e. The van der Waals surface area contributed by atoms with E-state index in [1.54, 1.807) is 24.1 Å². The lowest BCUT2D eigenvalue weighted by molar-refractivity contribution is -0.139. The maximum absolute atomic E-state index is 13.3. The fourth-order valence-electron chi connectivity index (χ4n) is 3.05. The number of rotatable bonds is 7. The van der Waals surface area contributed by atoms with Gasteiger partial charge in [0.2, 0.25) is 11.8 Å². The molecule has 7 heteroatoms. The normalized spacial score (nSPS) is 17.8. The molecule has 27 heavy (non-hydrogen) atoms. The molecule has 5 nitrogen and oxygen atoms in total. The van der Waals surface area contributed by atoms with Gasteiger partial charge >= 0.3 is 0 Å². The lowest BCUT2D eigenvalue weighted by Gasteiger charge is -2.32. The second-order valence-electron chi connectivity index (χ2n) is 6.11. The monoisotopic (exact) mass is 388 g/mol. The fraction of sp³-hybridized carbons (Fsp3) is 0.300. The Morgan fingerprint density at radius 3 is 2.63 bits per heavy atom. The van der Waals surface area contributed by atoms with Crippen molar-refractivity contribution in [1.29, 1.82) is 0 Å². The summed E-state index contributed by atoms with van der Waals surface area (Å²) in [5, 5.41) is 2.48. The lowest BCUT2D eigenvalue weighted by atomic mass is 10.0. The zero-order valence-electron chi connectivity index (χ0n) is 14.9. The highest BCUT2D eigenvalue weighted by atomic mass is 32.2. The molecule has 1 aliphatic heterocycles. The van der Waals surface area contributed by atoms with Crippen LogP contribution in [0.5, 0.6) is 0 Å². The number of carbonyl (C=O) groups is 2. The number of thioether (sulfide) groups is 1. The largest absolute Gasteiger partial charge is 0.383 e. The second-order valence-corrected chi connectivity index (χ2v) is 7.18. The highest BCUT2D eigenvalue weighted by Gasteiger charge is 2.41. The van der Waals surface area contributed by atoms with E-state index < -0.39 is 6.04 Å². The molecule has 1 aliphatic rings. The van der Waals surface area contributed by atoms with E-state index in [1.807, 2.05) is 30.3 Å². The Bertz CT molecular complexity index is 786. The number of amides is 2. The lowest BCUT2D eigenvalue weighted by Crippen LogP contribution is -2.43. The quantitative estimate of drug-likeness (QED) is 0.741. The Hall–Kier alpha value is -2.38. The molecule has 3 rings (SSSR count). The van der Waals surface area contributed by atoms with Gasteiger partial charge in [0.25, 0.3) is 0 Å². The molecule has 2 aromatic carbocycles. The summed E-state index contributed by atoms with van der Waals surface area (Å²) in [4.78, 5) is 27.2. The van der Waals surface area contributed by atoms with Crippen molar-refractivity contribution in [3.8, 4) is 0 Å². The van der Waals surface area contributed by atoms with E-state index in [0.717, 1.165) is 11.1 Å². The molecule has 0 saturated carbocycles. The van der Waals surface area contributed by atoms with Crippen LogP contribution in [0.4, 0.5) is 4.39 Å². The summed E-state index contributed by atoms with van der Waals surface area (Å²) >= 11 is 1.44. The van der Waals surface area contributed by atoms with Gasteiger partial charge in [0.15, 0.2) is 0 Å². The van der Waals surface area contributed by atoms with Crippen LogP contribution in [0.3, 0.4) is 0 Å². The maximum atomic E-state index is 13.3. The summed E-state index contributed by atoms with van der Waals surface area (Å²) < 4.78 is 18.3. The number of carbonyl (C=O) groups excluding carboxylic acids is 2. The van der Waals surface area contributed by atoms with Crippen LogP contribution in [-0.4, -0.2) is 42.7 Å². The molecule has 1 heterocycles. The average molecular weight is 388 g/mol. The summed E-state index contributed by atoms with van der Waals surface area (Å²) in [6.45, 7) is 0.742. The summed E-state index contributed by atoms with van der Waals surface area (Å²) in [7, 11) is 1.56. The molecule has 0 spiro atoms. The van der Waals surface area contributed by atoms with Crippen LogP contribution in [0.2, 0.25) is 0 Å². The van der Waals surface area contributed by atoms with Crippen molar-refractivity contribution in [2.75, 3.05) is 26.0 Å². The van der Waals surface area contributed by atoms with Gasteiger partial charge in [-0.15, -0.1) is 11.8 Å². The van der Waals surface area contributed by atoms with Gasteiger partial charge in [0, 0.05) is 13.7 Å². The topological polar surface area (TPSA) is 58.6 Å². The van der Waals surface area contributed by atoms with Crippen molar-refractivity contribution < 1.29 is 18.7 Å². The van der Waals surface area contributed by atoms with Crippen molar-refractivity contribution in [3.05, 3.63) is 71.5 Å². The van der Waals surface area contributed by atoms with Crippen LogP contribution in [0, 0.1) is 5.82 Å². The van der Waals surface area contributed by atoms with E-state index in [4.69, 9.17) is 4.74 Å². The second kappa shape index (κ2) is 9.01. The Balaban J connectivity index is 1.94. The molecular formula is C20H21FN2O3S. The Labute approximate surface area is 161 Å². The van der Waals surface area contributed by atoms with Crippen molar-refractivity contribution in [2.45, 2.75) is 11.4 Å². The number of hydrogen-bond donors (Lipinski definition) is 1. The molecule has 1 N–H and O–H groups in total. The van der Waals surface area contributed by atoms with Gasteiger partial charge in [-0.3, -0.25) is 9.59 Å². The Morgan fingerprint density at radius 1 is 1.26 bits per heavy atom. The van der Waals surface area contributed by atoms with Crippen LogP contribution < -0.4 is 5.32 Å². The van der Waals surface area contributed by atoms with E-state index in [9.17, 15) is 14.0 Å². The molecule has 0 aromatic heterocycles. The number of nitrogens with one attached hydrogen (secondary N) is 1.